The molecule has 0 unspecified atom stereocenters. The van der Waals surface area contributed by atoms with E-state index in [4.69, 9.17) is 9.72 Å². The molecule has 0 bridgehead atoms. The third kappa shape index (κ3) is 3.87. The summed E-state index contributed by atoms with van der Waals surface area (Å²) in [6.07, 6.45) is 3.36. The lowest BCUT2D eigenvalue weighted by Gasteiger charge is -2.11. The van der Waals surface area contributed by atoms with Crippen molar-refractivity contribution in [2.24, 2.45) is 0 Å². The van der Waals surface area contributed by atoms with E-state index in [9.17, 15) is 4.79 Å². The SMILES string of the molecule is Cc1ccc(-c2cc(C(=O)OCc3ccccn3)c3cnn(C(C)C)c3n2)cc1. The summed E-state index contributed by atoms with van der Waals surface area (Å²) < 4.78 is 7.36. The predicted molar refractivity (Wildman–Crippen MR) is 111 cm³/mol. The van der Waals surface area contributed by atoms with Gasteiger partial charge in [-0.25, -0.2) is 14.5 Å². The van der Waals surface area contributed by atoms with Gasteiger partial charge in [-0.2, -0.15) is 5.10 Å². The average molecular weight is 386 g/mol. The number of pyridine rings is 2. The molecule has 0 aliphatic heterocycles. The number of rotatable bonds is 5. The van der Waals surface area contributed by atoms with Gasteiger partial charge in [0.2, 0.25) is 0 Å². The maximum Gasteiger partial charge on any atom is 0.339 e. The summed E-state index contributed by atoms with van der Waals surface area (Å²) in [5.74, 6) is -0.417. The lowest BCUT2D eigenvalue weighted by molar-refractivity contribution is 0.0470. The number of ether oxygens (including phenoxy) is 1. The normalized spacial score (nSPS) is 11.2. The smallest absolute Gasteiger partial charge is 0.339 e. The molecule has 0 aliphatic rings. The maximum absolute atomic E-state index is 12.9. The number of carbonyl (C=O) groups excluding carboxylic acids is 1. The van der Waals surface area contributed by atoms with Crippen LogP contribution in [0.5, 0.6) is 0 Å². The largest absolute Gasteiger partial charge is 0.456 e. The van der Waals surface area contributed by atoms with E-state index in [-0.39, 0.29) is 12.6 Å². The Morgan fingerprint density at radius 2 is 1.93 bits per heavy atom. The maximum atomic E-state index is 12.9. The molecule has 0 saturated carbocycles. The molecule has 0 aliphatic carbocycles. The first kappa shape index (κ1) is 18.8. The van der Waals surface area contributed by atoms with Gasteiger partial charge in [0.25, 0.3) is 0 Å². The fraction of sp³-hybridized carbons (Fsp3) is 0.217. The molecule has 0 N–H and O–H groups in total. The number of carbonyl (C=O) groups is 1. The third-order valence-electron chi connectivity index (χ3n) is 4.70. The number of hydrogen-bond acceptors (Lipinski definition) is 5. The summed E-state index contributed by atoms with van der Waals surface area (Å²) in [6.45, 7) is 6.22. The zero-order valence-corrected chi connectivity index (χ0v) is 16.7. The lowest BCUT2D eigenvalue weighted by atomic mass is 10.1. The van der Waals surface area contributed by atoms with E-state index >= 15 is 0 Å². The Morgan fingerprint density at radius 3 is 2.62 bits per heavy atom. The highest BCUT2D eigenvalue weighted by atomic mass is 16.5. The van der Waals surface area contributed by atoms with E-state index in [1.807, 2.05) is 67.9 Å². The molecule has 29 heavy (non-hydrogen) atoms. The first-order valence-electron chi connectivity index (χ1n) is 9.55. The molecule has 1 aromatic carbocycles. The second-order valence-corrected chi connectivity index (χ2v) is 7.24. The highest BCUT2D eigenvalue weighted by Gasteiger charge is 2.19. The molecular weight excluding hydrogens is 364 g/mol. The molecule has 0 radical (unpaired) electrons. The van der Waals surface area contributed by atoms with Crippen LogP contribution in [0.25, 0.3) is 22.3 Å². The summed E-state index contributed by atoms with van der Waals surface area (Å²) in [4.78, 5) is 21.9. The summed E-state index contributed by atoms with van der Waals surface area (Å²) in [6, 6.07) is 15.5. The minimum atomic E-state index is -0.417. The Kier molecular flexibility index (Phi) is 5.08. The summed E-state index contributed by atoms with van der Waals surface area (Å²) in [5.41, 5.74) is 4.63. The van der Waals surface area contributed by atoms with Crippen molar-refractivity contribution >= 4 is 17.0 Å². The van der Waals surface area contributed by atoms with E-state index in [2.05, 4.69) is 10.1 Å². The van der Waals surface area contributed by atoms with Crippen LogP contribution in [-0.2, 0) is 11.3 Å². The van der Waals surface area contributed by atoms with Crippen molar-refractivity contribution in [1.82, 2.24) is 19.7 Å². The van der Waals surface area contributed by atoms with Crippen molar-refractivity contribution in [3.05, 3.63) is 77.7 Å². The van der Waals surface area contributed by atoms with Crippen LogP contribution in [0, 0.1) is 6.92 Å². The lowest BCUT2D eigenvalue weighted by Crippen LogP contribution is -2.09. The third-order valence-corrected chi connectivity index (χ3v) is 4.70. The molecule has 0 fully saturated rings. The van der Waals surface area contributed by atoms with Crippen LogP contribution < -0.4 is 0 Å². The van der Waals surface area contributed by atoms with Crippen molar-refractivity contribution in [2.45, 2.75) is 33.4 Å². The van der Waals surface area contributed by atoms with Gasteiger partial charge in [-0.15, -0.1) is 0 Å². The van der Waals surface area contributed by atoms with Gasteiger partial charge < -0.3 is 4.74 Å². The van der Waals surface area contributed by atoms with E-state index in [0.717, 1.165) is 11.1 Å². The number of benzene rings is 1. The van der Waals surface area contributed by atoms with Gasteiger partial charge in [0, 0.05) is 17.8 Å². The van der Waals surface area contributed by atoms with E-state index in [1.54, 1.807) is 18.5 Å². The van der Waals surface area contributed by atoms with E-state index in [0.29, 0.717) is 28.0 Å². The predicted octanol–water partition coefficient (Wildman–Crippen LogP) is 4.74. The average Bonchev–Trinajstić information content (AvgIpc) is 3.17. The van der Waals surface area contributed by atoms with Crippen LogP contribution in [0.15, 0.2) is 60.9 Å². The number of hydrogen-bond donors (Lipinski definition) is 0. The van der Waals surface area contributed by atoms with E-state index in [1.165, 1.54) is 0 Å². The second-order valence-electron chi connectivity index (χ2n) is 7.24. The highest BCUT2D eigenvalue weighted by Crippen LogP contribution is 2.27. The molecule has 0 atom stereocenters. The van der Waals surface area contributed by atoms with Gasteiger partial charge in [0.05, 0.1) is 28.5 Å². The van der Waals surface area contributed by atoms with Gasteiger partial charge in [-0.1, -0.05) is 35.9 Å². The van der Waals surface area contributed by atoms with Gasteiger partial charge >= 0.3 is 5.97 Å². The van der Waals surface area contributed by atoms with Crippen molar-refractivity contribution < 1.29 is 9.53 Å². The molecular formula is C23H22N4O2. The first-order chi connectivity index (χ1) is 14.0. The molecule has 4 rings (SSSR count). The Hall–Kier alpha value is -3.54. The molecule has 0 spiro atoms. The number of aromatic nitrogens is 4. The molecule has 0 saturated heterocycles. The molecule has 4 aromatic rings. The zero-order valence-electron chi connectivity index (χ0n) is 16.7. The number of aryl methyl sites for hydroxylation is 1. The highest BCUT2D eigenvalue weighted by molar-refractivity contribution is 6.03. The van der Waals surface area contributed by atoms with Crippen LogP contribution in [0.3, 0.4) is 0 Å². The Labute approximate surface area is 169 Å². The molecule has 6 heteroatoms. The summed E-state index contributed by atoms with van der Waals surface area (Å²) in [5, 5.41) is 5.12. The van der Waals surface area contributed by atoms with E-state index < -0.39 is 5.97 Å². The standard InChI is InChI=1S/C23H22N4O2/c1-15(2)27-22-20(13-25-27)19(23(28)29-14-18-6-4-5-11-24-18)12-21(26-22)17-9-7-16(3)8-10-17/h4-13,15H,14H2,1-3H3. The Bertz CT molecular complexity index is 1150. The molecule has 3 heterocycles. The van der Waals surface area contributed by atoms with Gasteiger partial charge in [0.1, 0.15) is 6.61 Å². The summed E-state index contributed by atoms with van der Waals surface area (Å²) in [7, 11) is 0. The quantitative estimate of drug-likeness (QED) is 0.463. The minimum Gasteiger partial charge on any atom is -0.456 e. The van der Waals surface area contributed by atoms with Crippen LogP contribution in [0.2, 0.25) is 0 Å². The van der Waals surface area contributed by atoms with Crippen molar-refractivity contribution in [3.8, 4) is 11.3 Å². The van der Waals surface area contributed by atoms with Gasteiger partial charge in [0.15, 0.2) is 5.65 Å². The molecule has 0 amide bonds. The van der Waals surface area contributed by atoms with Crippen LogP contribution in [-0.4, -0.2) is 25.7 Å². The van der Waals surface area contributed by atoms with Gasteiger partial charge in [-0.05, 0) is 39.0 Å². The van der Waals surface area contributed by atoms with Crippen LogP contribution >= 0.6 is 0 Å². The fourth-order valence-corrected chi connectivity index (χ4v) is 3.14. The van der Waals surface area contributed by atoms with Crippen LogP contribution in [0.4, 0.5) is 0 Å². The minimum absolute atomic E-state index is 0.113. The van der Waals surface area contributed by atoms with Gasteiger partial charge in [-0.3, -0.25) is 4.98 Å². The van der Waals surface area contributed by atoms with Crippen molar-refractivity contribution in [2.75, 3.05) is 0 Å². The van der Waals surface area contributed by atoms with Crippen molar-refractivity contribution in [1.29, 1.82) is 0 Å². The Balaban J connectivity index is 1.76. The van der Waals surface area contributed by atoms with Crippen molar-refractivity contribution in [3.63, 3.8) is 0 Å². The Morgan fingerprint density at radius 1 is 1.14 bits per heavy atom. The fourth-order valence-electron chi connectivity index (χ4n) is 3.14. The van der Waals surface area contributed by atoms with Crippen LogP contribution in [0.1, 0.15) is 41.5 Å². The zero-order chi connectivity index (χ0) is 20.4. The molecule has 3 aromatic heterocycles. The topological polar surface area (TPSA) is 69.9 Å². The first-order valence-corrected chi connectivity index (χ1v) is 9.55. The number of esters is 1. The second kappa shape index (κ2) is 7.83. The summed E-state index contributed by atoms with van der Waals surface area (Å²) >= 11 is 0. The number of nitrogens with zero attached hydrogens (tertiary/aromatic N) is 4. The monoisotopic (exact) mass is 386 g/mol. The molecule has 146 valence electrons. The molecule has 6 nitrogen and oxygen atoms in total. The number of fused-ring (bicyclic) bond motifs is 1.